The van der Waals surface area contributed by atoms with Gasteiger partial charge in [-0.1, -0.05) is 29.8 Å². The fourth-order valence-corrected chi connectivity index (χ4v) is 3.25. The van der Waals surface area contributed by atoms with Crippen LogP contribution in [0.4, 0.5) is 0 Å². The van der Waals surface area contributed by atoms with Crippen molar-refractivity contribution in [3.05, 3.63) is 87.5 Å². The molecule has 0 fully saturated rings. The Hall–Kier alpha value is -3.76. The molecule has 0 bridgehead atoms. The maximum Gasteiger partial charge on any atom is 0.343 e. The van der Waals surface area contributed by atoms with E-state index in [2.05, 4.69) is 0 Å². The van der Waals surface area contributed by atoms with Crippen LogP contribution in [0, 0.1) is 11.3 Å². The first-order valence-corrected chi connectivity index (χ1v) is 9.18. The zero-order chi connectivity index (χ0) is 21.8. The summed E-state index contributed by atoms with van der Waals surface area (Å²) >= 11 is 5.86. The normalized spacial score (nSPS) is 15.9. The number of halogens is 1. The Morgan fingerprint density at radius 1 is 1.13 bits per heavy atom. The molecule has 7 nitrogen and oxygen atoms in total. The second kappa shape index (κ2) is 8.72. The van der Waals surface area contributed by atoms with E-state index in [0.29, 0.717) is 10.6 Å². The third kappa shape index (κ3) is 4.00. The summed E-state index contributed by atoms with van der Waals surface area (Å²) in [5, 5.41) is 10.1. The summed E-state index contributed by atoms with van der Waals surface area (Å²) in [5.41, 5.74) is 6.68. The van der Waals surface area contributed by atoms with Crippen LogP contribution in [-0.4, -0.2) is 19.0 Å². The van der Waals surface area contributed by atoms with Gasteiger partial charge in [0.25, 0.3) is 0 Å². The summed E-state index contributed by atoms with van der Waals surface area (Å²) in [6, 6.07) is 14.8. The lowest BCUT2D eigenvalue weighted by atomic mass is 9.82. The second-order valence-electron chi connectivity index (χ2n) is 6.32. The highest BCUT2D eigenvalue weighted by atomic mass is 35.5. The van der Waals surface area contributed by atoms with Crippen LogP contribution < -0.4 is 10.5 Å². The molecule has 0 radical (unpaired) electrons. The predicted molar refractivity (Wildman–Crippen MR) is 108 cm³/mol. The number of hydrogen-bond acceptors (Lipinski definition) is 7. The molecule has 0 spiro atoms. The van der Waals surface area contributed by atoms with Gasteiger partial charge in [-0.2, -0.15) is 5.26 Å². The van der Waals surface area contributed by atoms with Gasteiger partial charge in [0.2, 0.25) is 5.88 Å². The number of ether oxygens (including phenoxy) is 3. The first-order chi connectivity index (χ1) is 14.4. The average Bonchev–Trinajstić information content (AvgIpc) is 2.73. The molecule has 0 saturated carbocycles. The van der Waals surface area contributed by atoms with Gasteiger partial charge in [-0.3, -0.25) is 0 Å². The van der Waals surface area contributed by atoms with E-state index in [9.17, 15) is 14.9 Å². The Labute approximate surface area is 177 Å². The molecule has 1 aliphatic rings. The van der Waals surface area contributed by atoms with E-state index >= 15 is 0 Å². The molecule has 30 heavy (non-hydrogen) atoms. The molecule has 0 aliphatic carbocycles. The fourth-order valence-electron chi connectivity index (χ4n) is 3.12. The van der Waals surface area contributed by atoms with Crippen molar-refractivity contribution in [2.45, 2.75) is 12.8 Å². The van der Waals surface area contributed by atoms with Gasteiger partial charge in [-0.05, 0) is 37.3 Å². The van der Waals surface area contributed by atoms with Crippen LogP contribution in [0.1, 0.15) is 28.8 Å². The van der Waals surface area contributed by atoms with Crippen molar-refractivity contribution in [1.82, 2.24) is 0 Å². The maximum absolute atomic E-state index is 12.6. The summed E-state index contributed by atoms with van der Waals surface area (Å²) in [5.74, 6) is -2.00. The number of esters is 2. The van der Waals surface area contributed by atoms with Gasteiger partial charge in [0, 0.05) is 10.6 Å². The van der Waals surface area contributed by atoms with E-state index in [0.717, 1.165) is 0 Å². The molecule has 0 amide bonds. The molecule has 2 aromatic carbocycles. The molecule has 8 heteroatoms. The van der Waals surface area contributed by atoms with E-state index in [-0.39, 0.29) is 34.1 Å². The predicted octanol–water partition coefficient (Wildman–Crippen LogP) is 3.81. The van der Waals surface area contributed by atoms with Gasteiger partial charge >= 0.3 is 11.9 Å². The molecule has 1 aliphatic heterocycles. The van der Waals surface area contributed by atoms with E-state index in [1.807, 2.05) is 6.07 Å². The smallest absolute Gasteiger partial charge is 0.343 e. The van der Waals surface area contributed by atoms with Crippen LogP contribution >= 0.6 is 11.6 Å². The zero-order valence-corrected chi connectivity index (χ0v) is 16.9. The SMILES string of the molecule is COC(=O)C1=C(C)OC(N)=C(C#N)C1c1ccccc1OC(=O)c1ccc(Cl)cc1. The van der Waals surface area contributed by atoms with Crippen molar-refractivity contribution in [1.29, 1.82) is 5.26 Å². The Bertz CT molecular complexity index is 1110. The molecule has 3 rings (SSSR count). The molecule has 0 saturated heterocycles. The highest BCUT2D eigenvalue weighted by Crippen LogP contribution is 2.43. The molecule has 1 heterocycles. The van der Waals surface area contributed by atoms with Crippen LogP contribution in [-0.2, 0) is 14.3 Å². The molecule has 1 unspecified atom stereocenters. The topological polar surface area (TPSA) is 112 Å². The van der Waals surface area contributed by atoms with E-state index in [1.54, 1.807) is 43.3 Å². The van der Waals surface area contributed by atoms with E-state index < -0.39 is 17.9 Å². The minimum absolute atomic E-state index is 0.0102. The van der Waals surface area contributed by atoms with E-state index in [4.69, 9.17) is 31.5 Å². The summed E-state index contributed by atoms with van der Waals surface area (Å²) in [6.07, 6.45) is 0. The zero-order valence-electron chi connectivity index (χ0n) is 16.1. The lowest BCUT2D eigenvalue weighted by Crippen LogP contribution is -2.25. The number of rotatable bonds is 4. The third-order valence-corrected chi connectivity index (χ3v) is 4.78. The lowest BCUT2D eigenvalue weighted by Gasteiger charge is -2.27. The Balaban J connectivity index is 2.09. The highest BCUT2D eigenvalue weighted by molar-refractivity contribution is 6.30. The minimum atomic E-state index is -0.926. The number of methoxy groups -OCH3 is 1. The molecular formula is C22H17ClN2O5. The number of nitriles is 1. The van der Waals surface area contributed by atoms with Crippen molar-refractivity contribution in [3.63, 3.8) is 0 Å². The first kappa shape index (κ1) is 21.0. The summed E-state index contributed by atoms with van der Waals surface area (Å²) in [7, 11) is 1.22. The number of carbonyl (C=O) groups is 2. The number of carbonyl (C=O) groups excluding carboxylic acids is 2. The van der Waals surface area contributed by atoms with Crippen LogP contribution in [0.5, 0.6) is 5.75 Å². The molecular weight excluding hydrogens is 408 g/mol. The van der Waals surface area contributed by atoms with Crippen molar-refractivity contribution in [2.75, 3.05) is 7.11 Å². The Morgan fingerprint density at radius 2 is 1.80 bits per heavy atom. The van der Waals surface area contributed by atoms with Crippen LogP contribution in [0.2, 0.25) is 5.02 Å². The largest absolute Gasteiger partial charge is 0.466 e. The van der Waals surface area contributed by atoms with Crippen LogP contribution in [0.15, 0.2) is 71.3 Å². The summed E-state index contributed by atoms with van der Waals surface area (Å²) in [4.78, 5) is 25.1. The Morgan fingerprint density at radius 3 is 2.43 bits per heavy atom. The summed E-state index contributed by atoms with van der Waals surface area (Å²) < 4.78 is 15.8. The van der Waals surface area contributed by atoms with Gasteiger partial charge in [0.15, 0.2) is 0 Å². The average molecular weight is 425 g/mol. The van der Waals surface area contributed by atoms with Crippen molar-refractivity contribution in [2.24, 2.45) is 5.73 Å². The fraction of sp³-hybridized carbons (Fsp3) is 0.136. The maximum atomic E-state index is 12.6. The second-order valence-corrected chi connectivity index (χ2v) is 6.76. The van der Waals surface area contributed by atoms with Crippen molar-refractivity contribution in [3.8, 4) is 11.8 Å². The summed E-state index contributed by atoms with van der Waals surface area (Å²) in [6.45, 7) is 1.54. The molecule has 2 N–H and O–H groups in total. The van der Waals surface area contributed by atoms with Crippen molar-refractivity contribution < 1.29 is 23.8 Å². The standard InChI is InChI=1S/C22H17ClN2O5/c1-12-18(22(27)28-2)19(16(11-24)20(25)29-12)15-5-3-4-6-17(15)30-21(26)13-7-9-14(23)10-8-13/h3-10,19H,25H2,1-2H3. The molecule has 1 atom stereocenters. The number of allylic oxidation sites excluding steroid dienone is 2. The van der Waals surface area contributed by atoms with Gasteiger partial charge < -0.3 is 19.9 Å². The van der Waals surface area contributed by atoms with Crippen LogP contribution in [0.3, 0.4) is 0 Å². The van der Waals surface area contributed by atoms with Gasteiger partial charge in [0.1, 0.15) is 23.2 Å². The number of nitrogens with zero attached hydrogens (tertiary/aromatic N) is 1. The monoisotopic (exact) mass is 424 g/mol. The van der Waals surface area contributed by atoms with Gasteiger partial charge in [0.05, 0.1) is 24.2 Å². The molecule has 2 aromatic rings. The quantitative estimate of drug-likeness (QED) is 0.586. The number of nitrogens with two attached hydrogens (primary N) is 1. The minimum Gasteiger partial charge on any atom is -0.466 e. The third-order valence-electron chi connectivity index (χ3n) is 4.52. The molecule has 0 aromatic heterocycles. The van der Waals surface area contributed by atoms with Crippen molar-refractivity contribution >= 4 is 23.5 Å². The van der Waals surface area contributed by atoms with Crippen LogP contribution in [0.25, 0.3) is 0 Å². The highest BCUT2D eigenvalue weighted by Gasteiger charge is 2.37. The first-order valence-electron chi connectivity index (χ1n) is 8.80. The lowest BCUT2D eigenvalue weighted by molar-refractivity contribution is -0.136. The Kier molecular flexibility index (Phi) is 6.09. The number of para-hydroxylation sites is 1. The van der Waals surface area contributed by atoms with Gasteiger partial charge in [-0.25, -0.2) is 9.59 Å². The number of benzene rings is 2. The molecule has 152 valence electrons. The van der Waals surface area contributed by atoms with E-state index in [1.165, 1.54) is 19.2 Å². The number of hydrogen-bond donors (Lipinski definition) is 1. The van der Waals surface area contributed by atoms with Gasteiger partial charge in [-0.15, -0.1) is 0 Å².